The van der Waals surface area contributed by atoms with Gasteiger partial charge in [-0.05, 0) is 36.8 Å². The maximum Gasteiger partial charge on any atom is 0.183 e. The molecular formula is C18H20FNO3S. The first kappa shape index (κ1) is 17.1. The summed E-state index contributed by atoms with van der Waals surface area (Å²) in [7, 11) is -3.61. The van der Waals surface area contributed by atoms with Gasteiger partial charge >= 0.3 is 0 Å². The zero-order chi connectivity index (χ0) is 17.4. The number of benzene rings is 2. The Kier molecular flexibility index (Phi) is 4.46. The van der Waals surface area contributed by atoms with Crippen LogP contribution in [0, 0.1) is 5.82 Å². The average Bonchev–Trinajstić information content (AvgIpc) is 3.21. The van der Waals surface area contributed by atoms with E-state index in [0.717, 1.165) is 0 Å². The lowest BCUT2D eigenvalue weighted by atomic mass is 10.1. The third-order valence-electron chi connectivity index (χ3n) is 4.49. The fraction of sp³-hybridized carbons (Fsp3) is 0.333. The normalized spacial score (nSPS) is 26.3. The minimum Gasteiger partial charge on any atom is -0.380 e. The molecule has 0 unspecified atom stereocenters. The second-order valence-electron chi connectivity index (χ2n) is 6.06. The van der Waals surface area contributed by atoms with Crippen LogP contribution < -0.4 is 5.73 Å². The highest BCUT2D eigenvalue weighted by Gasteiger charge is 2.69. The van der Waals surface area contributed by atoms with Gasteiger partial charge in [0.05, 0.1) is 22.3 Å². The Hall–Kier alpha value is -1.76. The smallest absolute Gasteiger partial charge is 0.183 e. The number of rotatable bonds is 6. The van der Waals surface area contributed by atoms with Gasteiger partial charge in [-0.25, -0.2) is 12.8 Å². The molecule has 0 spiro atoms. The monoisotopic (exact) mass is 349 g/mol. The Morgan fingerprint density at radius 3 is 2.33 bits per heavy atom. The van der Waals surface area contributed by atoms with E-state index in [2.05, 4.69) is 0 Å². The topological polar surface area (TPSA) is 69.4 Å². The van der Waals surface area contributed by atoms with Gasteiger partial charge in [0.25, 0.3) is 0 Å². The van der Waals surface area contributed by atoms with Crippen LogP contribution in [-0.2, 0) is 14.6 Å². The molecule has 2 aromatic carbocycles. The minimum absolute atomic E-state index is 0.141. The molecule has 6 heteroatoms. The molecule has 0 bridgehead atoms. The summed E-state index contributed by atoms with van der Waals surface area (Å²) in [6.45, 7) is 2.43. The molecule has 2 N–H and O–H groups in total. The van der Waals surface area contributed by atoms with Crippen molar-refractivity contribution < 1.29 is 17.5 Å². The maximum absolute atomic E-state index is 13.2. The largest absolute Gasteiger partial charge is 0.380 e. The van der Waals surface area contributed by atoms with E-state index in [-0.39, 0.29) is 17.3 Å². The number of nitrogens with two attached hydrogens (primary N) is 1. The molecule has 0 radical (unpaired) electrons. The second-order valence-corrected chi connectivity index (χ2v) is 8.13. The van der Waals surface area contributed by atoms with E-state index in [0.29, 0.717) is 12.2 Å². The quantitative estimate of drug-likeness (QED) is 0.870. The van der Waals surface area contributed by atoms with Gasteiger partial charge in [0.1, 0.15) is 5.82 Å². The van der Waals surface area contributed by atoms with Crippen LogP contribution in [0.1, 0.15) is 18.4 Å². The number of sulfone groups is 1. The van der Waals surface area contributed by atoms with Crippen molar-refractivity contribution in [1.82, 2.24) is 0 Å². The minimum atomic E-state index is -3.61. The van der Waals surface area contributed by atoms with Crippen molar-refractivity contribution in [3.63, 3.8) is 0 Å². The van der Waals surface area contributed by atoms with E-state index >= 15 is 0 Å². The van der Waals surface area contributed by atoms with Crippen molar-refractivity contribution in [2.45, 2.75) is 28.5 Å². The first-order valence-corrected chi connectivity index (χ1v) is 9.37. The lowest BCUT2D eigenvalue weighted by molar-refractivity contribution is 0.125. The summed E-state index contributed by atoms with van der Waals surface area (Å²) >= 11 is 0. The predicted molar refractivity (Wildman–Crippen MR) is 90.0 cm³/mol. The van der Waals surface area contributed by atoms with E-state index in [1.807, 2.05) is 6.92 Å². The zero-order valence-electron chi connectivity index (χ0n) is 13.4. The van der Waals surface area contributed by atoms with Gasteiger partial charge in [0.2, 0.25) is 0 Å². The molecule has 0 saturated heterocycles. The standard InChI is InChI=1S/C18H20FNO3S/c1-2-23-12-18(20)16(13-8-10-14(19)11-9-13)17(18)24(21,22)15-6-4-3-5-7-15/h3-11,16-17H,2,12,20H2,1H3/t16-,17+,18-/m1/s1. The van der Waals surface area contributed by atoms with E-state index < -0.39 is 26.5 Å². The SMILES string of the molecule is CCOC[C@@]1(N)[C@H](c2ccc(F)cc2)[C@@H]1S(=O)(=O)c1ccccc1. The molecule has 3 rings (SSSR count). The van der Waals surface area contributed by atoms with Gasteiger partial charge in [-0.2, -0.15) is 0 Å². The molecule has 0 aliphatic heterocycles. The van der Waals surface area contributed by atoms with Crippen molar-refractivity contribution in [1.29, 1.82) is 0 Å². The average molecular weight is 349 g/mol. The third kappa shape index (κ3) is 2.85. The number of hydrogen-bond acceptors (Lipinski definition) is 4. The number of hydrogen-bond donors (Lipinski definition) is 1. The highest BCUT2D eigenvalue weighted by atomic mass is 32.2. The molecule has 24 heavy (non-hydrogen) atoms. The van der Waals surface area contributed by atoms with E-state index in [1.54, 1.807) is 42.5 Å². The highest BCUT2D eigenvalue weighted by molar-refractivity contribution is 7.92. The predicted octanol–water partition coefficient (Wildman–Crippen LogP) is 2.50. The molecular weight excluding hydrogens is 329 g/mol. The Morgan fingerprint density at radius 2 is 1.75 bits per heavy atom. The number of ether oxygens (including phenoxy) is 1. The molecule has 0 aromatic heterocycles. The molecule has 0 amide bonds. The molecule has 4 nitrogen and oxygen atoms in total. The lowest BCUT2D eigenvalue weighted by Gasteiger charge is -2.12. The van der Waals surface area contributed by atoms with E-state index in [1.165, 1.54) is 12.1 Å². The summed E-state index contributed by atoms with van der Waals surface area (Å²) in [6.07, 6.45) is 0. The van der Waals surface area contributed by atoms with Gasteiger partial charge < -0.3 is 10.5 Å². The van der Waals surface area contributed by atoms with Gasteiger partial charge in [0.15, 0.2) is 9.84 Å². The van der Waals surface area contributed by atoms with Crippen LogP contribution in [0.5, 0.6) is 0 Å². The van der Waals surface area contributed by atoms with Crippen LogP contribution in [0.15, 0.2) is 59.5 Å². The Labute approximate surface area is 141 Å². The van der Waals surface area contributed by atoms with Crippen LogP contribution in [0.2, 0.25) is 0 Å². The summed E-state index contributed by atoms with van der Waals surface area (Å²) in [4.78, 5) is 0.242. The molecule has 1 aliphatic carbocycles. The van der Waals surface area contributed by atoms with Crippen LogP contribution in [0.4, 0.5) is 4.39 Å². The van der Waals surface area contributed by atoms with Crippen LogP contribution >= 0.6 is 0 Å². The molecule has 1 fully saturated rings. The fourth-order valence-electron chi connectivity index (χ4n) is 3.25. The van der Waals surface area contributed by atoms with E-state index in [4.69, 9.17) is 10.5 Å². The van der Waals surface area contributed by atoms with Gasteiger partial charge in [0, 0.05) is 12.5 Å². The van der Waals surface area contributed by atoms with Crippen molar-refractivity contribution in [2.75, 3.05) is 13.2 Å². The Balaban J connectivity index is 1.99. The molecule has 3 atom stereocenters. The maximum atomic E-state index is 13.2. The van der Waals surface area contributed by atoms with Gasteiger partial charge in [-0.15, -0.1) is 0 Å². The molecule has 0 heterocycles. The first-order chi connectivity index (χ1) is 11.4. The summed E-state index contributed by atoms with van der Waals surface area (Å²) in [5, 5.41) is -0.788. The molecule has 1 saturated carbocycles. The summed E-state index contributed by atoms with van der Waals surface area (Å²) in [5.74, 6) is -0.788. The second kappa shape index (κ2) is 6.27. The van der Waals surface area contributed by atoms with Gasteiger partial charge in [-0.3, -0.25) is 0 Å². The van der Waals surface area contributed by atoms with E-state index in [9.17, 15) is 12.8 Å². The lowest BCUT2D eigenvalue weighted by Crippen LogP contribution is -2.36. The van der Waals surface area contributed by atoms with Crippen LogP contribution in [0.3, 0.4) is 0 Å². The fourth-order valence-corrected chi connectivity index (χ4v) is 5.57. The molecule has 128 valence electrons. The third-order valence-corrected chi connectivity index (χ3v) is 6.80. The van der Waals surface area contributed by atoms with Crippen molar-refractivity contribution >= 4 is 9.84 Å². The van der Waals surface area contributed by atoms with Crippen LogP contribution in [-0.4, -0.2) is 32.4 Å². The highest BCUT2D eigenvalue weighted by Crippen LogP contribution is 2.55. The first-order valence-electron chi connectivity index (χ1n) is 7.82. The number of halogens is 1. The van der Waals surface area contributed by atoms with Gasteiger partial charge in [-0.1, -0.05) is 30.3 Å². The Morgan fingerprint density at radius 1 is 1.12 bits per heavy atom. The molecule has 2 aromatic rings. The van der Waals surface area contributed by atoms with Crippen LogP contribution in [0.25, 0.3) is 0 Å². The Bertz CT molecular complexity index is 808. The zero-order valence-corrected chi connectivity index (χ0v) is 14.2. The van der Waals surface area contributed by atoms with Crippen molar-refractivity contribution in [2.24, 2.45) is 5.73 Å². The van der Waals surface area contributed by atoms with Crippen molar-refractivity contribution in [3.05, 3.63) is 66.0 Å². The summed E-state index contributed by atoms with van der Waals surface area (Å²) in [6, 6.07) is 14.1. The summed E-state index contributed by atoms with van der Waals surface area (Å²) < 4.78 is 44.6. The van der Waals surface area contributed by atoms with Crippen molar-refractivity contribution in [3.8, 4) is 0 Å². The molecule has 1 aliphatic rings. The summed E-state index contributed by atoms with van der Waals surface area (Å²) in [5.41, 5.74) is 6.12.